The van der Waals surface area contributed by atoms with E-state index in [2.05, 4.69) is 9.97 Å². The van der Waals surface area contributed by atoms with E-state index < -0.39 is 50.4 Å². The van der Waals surface area contributed by atoms with E-state index >= 15 is 0 Å². The number of aromatic nitrogens is 3. The highest BCUT2D eigenvalue weighted by molar-refractivity contribution is 7.48. The molecule has 0 spiro atoms. The lowest BCUT2D eigenvalue weighted by Crippen LogP contribution is -2.44. The molecule has 34 heavy (non-hydrogen) atoms. The summed E-state index contributed by atoms with van der Waals surface area (Å²) in [7, 11) is -4.04. The highest BCUT2D eigenvalue weighted by Gasteiger charge is 2.54. The zero-order valence-corrected chi connectivity index (χ0v) is 19.0. The number of anilines is 1. The number of hydrogen-bond acceptors (Lipinski definition) is 10. The zero-order chi connectivity index (χ0) is 24.1. The first kappa shape index (κ1) is 23.3. The van der Waals surface area contributed by atoms with Crippen LogP contribution in [0.2, 0.25) is 0 Å². The number of hydrogen-bond donors (Lipinski definition) is 3. The second-order valence-corrected chi connectivity index (χ2v) is 10.1. The van der Waals surface area contributed by atoms with Crippen LogP contribution in [-0.4, -0.2) is 55.8 Å². The van der Waals surface area contributed by atoms with E-state index in [4.69, 9.17) is 24.0 Å². The van der Waals surface area contributed by atoms with Crippen molar-refractivity contribution in [1.82, 2.24) is 14.5 Å². The van der Waals surface area contributed by atoms with Gasteiger partial charge < -0.3 is 25.3 Å². The number of fused-ring (bicyclic) bond motifs is 1. The molecule has 3 aromatic rings. The number of phosphoric ester groups is 1. The predicted molar refractivity (Wildman–Crippen MR) is 117 cm³/mol. The summed E-state index contributed by atoms with van der Waals surface area (Å²) >= 11 is 0. The van der Waals surface area contributed by atoms with Gasteiger partial charge in [0, 0.05) is 12.6 Å². The molecule has 182 valence electrons. The number of phosphoric acid groups is 1. The molecule has 0 aliphatic carbocycles. The van der Waals surface area contributed by atoms with E-state index in [-0.39, 0.29) is 12.4 Å². The predicted octanol–water partition coefficient (Wildman–Crippen LogP) is 2.46. The molecule has 11 nitrogen and oxygen atoms in total. The summed E-state index contributed by atoms with van der Waals surface area (Å²) in [5.41, 5.74) is 5.06. The van der Waals surface area contributed by atoms with Gasteiger partial charge in [0.25, 0.3) is 0 Å². The molecular formula is C21H24FN4O7P. The van der Waals surface area contributed by atoms with Crippen LogP contribution < -0.4 is 5.73 Å². The normalized spacial score (nSPS) is 34.0. The van der Waals surface area contributed by atoms with Gasteiger partial charge in [-0.1, -0.05) is 12.1 Å². The number of rotatable bonds is 5. The number of nitrogens with zero attached hydrogens (tertiary/aromatic N) is 3. The number of nitrogens with two attached hydrogens (primary N) is 1. The number of benzene rings is 1. The molecule has 2 aliphatic heterocycles. The Kier molecular flexibility index (Phi) is 5.93. The molecule has 1 aromatic carbocycles. The third-order valence-corrected chi connectivity index (χ3v) is 7.53. The summed E-state index contributed by atoms with van der Waals surface area (Å²) in [4.78, 5) is 8.13. The van der Waals surface area contributed by atoms with Crippen molar-refractivity contribution in [2.75, 3.05) is 18.9 Å². The Bertz CT molecular complexity index is 1250. The fourth-order valence-corrected chi connectivity index (χ4v) is 5.63. The number of nitrogen functional groups attached to an aromatic ring is 1. The SMILES string of the molecule is C[C@@]1(O)[C@H](O)[C@@H](COP2(=O)OCC[C@@H](c3cccc(F)c3)O2)O[C@H]1n1ccc2c(N)ncnc21. The second-order valence-electron chi connectivity index (χ2n) is 8.43. The lowest BCUT2D eigenvalue weighted by atomic mass is 9.96. The topological polar surface area (TPSA) is 151 Å². The maximum absolute atomic E-state index is 13.6. The Balaban J connectivity index is 1.31. The maximum atomic E-state index is 13.6. The van der Waals surface area contributed by atoms with E-state index in [0.29, 0.717) is 23.0 Å². The highest BCUT2D eigenvalue weighted by Crippen LogP contribution is 2.57. The molecule has 0 amide bonds. The molecule has 2 aromatic heterocycles. The molecule has 5 rings (SSSR count). The molecule has 13 heteroatoms. The van der Waals surface area contributed by atoms with Crippen molar-refractivity contribution in [3.63, 3.8) is 0 Å². The molecule has 0 saturated carbocycles. The molecule has 2 aliphatic rings. The van der Waals surface area contributed by atoms with Crippen LogP contribution in [0.1, 0.15) is 31.2 Å². The number of halogens is 1. The minimum atomic E-state index is -4.04. The van der Waals surface area contributed by atoms with Gasteiger partial charge in [0.1, 0.15) is 41.4 Å². The second kappa shape index (κ2) is 8.65. The van der Waals surface area contributed by atoms with Crippen molar-refractivity contribution < 1.29 is 37.5 Å². The van der Waals surface area contributed by atoms with Crippen LogP contribution in [0.3, 0.4) is 0 Å². The van der Waals surface area contributed by atoms with Crippen molar-refractivity contribution in [2.24, 2.45) is 0 Å². The molecule has 0 bridgehead atoms. The van der Waals surface area contributed by atoms with E-state index in [1.165, 1.54) is 36.0 Å². The molecule has 4 heterocycles. The van der Waals surface area contributed by atoms with Gasteiger partial charge in [0.2, 0.25) is 0 Å². The molecule has 0 radical (unpaired) electrons. The average Bonchev–Trinajstić information content (AvgIpc) is 3.32. The van der Waals surface area contributed by atoms with Gasteiger partial charge >= 0.3 is 7.82 Å². The maximum Gasteiger partial charge on any atom is 0.475 e. The summed E-state index contributed by atoms with van der Waals surface area (Å²) in [6.45, 7) is 1.09. The first-order valence-electron chi connectivity index (χ1n) is 10.6. The molecule has 2 fully saturated rings. The summed E-state index contributed by atoms with van der Waals surface area (Å²) in [5, 5.41) is 22.3. The largest absolute Gasteiger partial charge is 0.475 e. The Morgan fingerprint density at radius 3 is 3.00 bits per heavy atom. The quantitative estimate of drug-likeness (QED) is 0.451. The Labute approximate surface area is 193 Å². The van der Waals surface area contributed by atoms with Gasteiger partial charge in [-0.25, -0.2) is 18.9 Å². The lowest BCUT2D eigenvalue weighted by molar-refractivity contribution is -0.0950. The van der Waals surface area contributed by atoms with Gasteiger partial charge in [0.05, 0.1) is 24.7 Å². The van der Waals surface area contributed by atoms with Gasteiger partial charge in [-0.15, -0.1) is 0 Å². The lowest BCUT2D eigenvalue weighted by Gasteiger charge is -2.30. The van der Waals surface area contributed by atoms with E-state index in [0.717, 1.165) is 0 Å². The van der Waals surface area contributed by atoms with Gasteiger partial charge in [-0.2, -0.15) is 0 Å². The third-order valence-electron chi connectivity index (χ3n) is 6.05. The molecule has 1 unspecified atom stereocenters. The fourth-order valence-electron chi connectivity index (χ4n) is 4.23. The van der Waals surface area contributed by atoms with E-state index in [1.807, 2.05) is 0 Å². The fraction of sp³-hybridized carbons (Fsp3) is 0.429. The van der Waals surface area contributed by atoms with Crippen molar-refractivity contribution in [3.05, 3.63) is 54.2 Å². The number of aliphatic hydroxyl groups is 2. The van der Waals surface area contributed by atoms with Crippen molar-refractivity contribution >= 4 is 24.7 Å². The van der Waals surface area contributed by atoms with Gasteiger partial charge in [-0.05, 0) is 30.7 Å². The minimum Gasteiger partial charge on any atom is -0.387 e. The zero-order valence-electron chi connectivity index (χ0n) is 18.2. The summed E-state index contributed by atoms with van der Waals surface area (Å²) in [5.74, 6) is -0.178. The first-order chi connectivity index (χ1) is 16.2. The summed E-state index contributed by atoms with van der Waals surface area (Å²) in [6.07, 6.45) is -0.929. The van der Waals surface area contributed by atoms with Crippen LogP contribution in [0, 0.1) is 5.82 Å². The number of aliphatic hydroxyl groups excluding tert-OH is 1. The van der Waals surface area contributed by atoms with Crippen LogP contribution >= 0.6 is 7.82 Å². The third kappa shape index (κ3) is 4.11. The van der Waals surface area contributed by atoms with Crippen LogP contribution in [-0.2, 0) is 22.9 Å². The molecular weight excluding hydrogens is 470 g/mol. The van der Waals surface area contributed by atoms with E-state index in [9.17, 15) is 19.2 Å². The molecule has 6 atom stereocenters. The van der Waals surface area contributed by atoms with Gasteiger partial charge in [-0.3, -0.25) is 13.6 Å². The van der Waals surface area contributed by atoms with E-state index in [1.54, 1.807) is 18.3 Å². The van der Waals surface area contributed by atoms with Crippen molar-refractivity contribution in [1.29, 1.82) is 0 Å². The van der Waals surface area contributed by atoms with Crippen LogP contribution in [0.5, 0.6) is 0 Å². The van der Waals surface area contributed by atoms with Crippen LogP contribution in [0.4, 0.5) is 10.2 Å². The average molecular weight is 494 g/mol. The highest BCUT2D eigenvalue weighted by atomic mass is 31.2. The smallest absolute Gasteiger partial charge is 0.387 e. The molecule has 2 saturated heterocycles. The van der Waals surface area contributed by atoms with Crippen molar-refractivity contribution in [2.45, 2.75) is 43.5 Å². The Hall–Kier alpha value is -2.44. The summed E-state index contributed by atoms with van der Waals surface area (Å²) < 4.78 is 50.3. The standard InChI is InChI=1S/C21H24FN4O7P/c1-21(28)17(27)16(32-20(21)26-7-5-14-18(23)24-11-25-19(14)26)10-31-34(29)30-8-6-15(33-34)12-3-2-4-13(22)9-12/h2-5,7,9,11,15-17,20,27-28H,6,8,10H2,1H3,(H2,23,24,25)/t15-,16+,17+,20+,21+,34?/m0/s1. The van der Waals surface area contributed by atoms with Gasteiger partial charge in [0.15, 0.2) is 6.23 Å². The Morgan fingerprint density at radius 1 is 1.38 bits per heavy atom. The Morgan fingerprint density at radius 2 is 2.21 bits per heavy atom. The van der Waals surface area contributed by atoms with Crippen LogP contribution in [0.15, 0.2) is 42.9 Å². The minimum absolute atomic E-state index is 0.0728. The summed E-state index contributed by atoms with van der Waals surface area (Å²) in [6, 6.07) is 7.46. The number of ether oxygens (including phenoxy) is 1. The molecule has 4 N–H and O–H groups in total. The monoisotopic (exact) mass is 494 g/mol. The van der Waals surface area contributed by atoms with Crippen molar-refractivity contribution in [3.8, 4) is 0 Å². The van der Waals surface area contributed by atoms with Crippen LogP contribution in [0.25, 0.3) is 11.0 Å². The first-order valence-corrected chi connectivity index (χ1v) is 12.1.